The smallest absolute Gasteiger partial charge is 0.334 e. The Kier molecular flexibility index (Phi) is 3.70. The van der Waals surface area contributed by atoms with E-state index in [2.05, 4.69) is 18.0 Å². The first kappa shape index (κ1) is 15.4. The van der Waals surface area contributed by atoms with Crippen LogP contribution in [0.1, 0.15) is 51.0 Å². The summed E-state index contributed by atoms with van der Waals surface area (Å²) < 4.78 is 11.5. The molecule has 0 saturated heterocycles. The van der Waals surface area contributed by atoms with Crippen LogP contribution in [0, 0.1) is 5.92 Å². The van der Waals surface area contributed by atoms with Crippen LogP contribution in [0.15, 0.2) is 35.7 Å². The van der Waals surface area contributed by atoms with Crippen LogP contribution in [0.4, 0.5) is 0 Å². The Hall–Kier alpha value is -2.10. The molecule has 1 aliphatic heterocycles. The minimum absolute atomic E-state index is 0.149. The maximum absolute atomic E-state index is 12.2. The summed E-state index contributed by atoms with van der Waals surface area (Å²) in [6.45, 7) is 2.09. The van der Waals surface area contributed by atoms with Gasteiger partial charge < -0.3 is 9.47 Å². The zero-order chi connectivity index (χ0) is 16.7. The van der Waals surface area contributed by atoms with Crippen molar-refractivity contribution in [3.63, 3.8) is 0 Å². The van der Waals surface area contributed by atoms with E-state index in [4.69, 9.17) is 9.47 Å². The number of esters is 1. The van der Waals surface area contributed by atoms with Crippen LogP contribution in [0.2, 0.25) is 0 Å². The van der Waals surface area contributed by atoms with Gasteiger partial charge in [-0.2, -0.15) is 0 Å². The van der Waals surface area contributed by atoms with Crippen molar-refractivity contribution in [2.24, 2.45) is 5.92 Å². The summed E-state index contributed by atoms with van der Waals surface area (Å²) >= 11 is 0. The first-order valence-corrected chi connectivity index (χ1v) is 8.81. The molecule has 2 aliphatic carbocycles. The van der Waals surface area contributed by atoms with Crippen LogP contribution in [-0.2, 0) is 9.53 Å². The number of ether oxygens (including phenoxy) is 2. The van der Waals surface area contributed by atoms with E-state index in [0.717, 1.165) is 49.0 Å². The fraction of sp³-hybridized carbons (Fsp3) is 0.500. The van der Waals surface area contributed by atoms with Crippen molar-refractivity contribution in [2.75, 3.05) is 7.11 Å². The van der Waals surface area contributed by atoms with Gasteiger partial charge in [-0.15, -0.1) is 0 Å². The Labute approximate surface area is 142 Å². The number of allylic oxidation sites excluding steroid dienone is 1. The molecule has 4 heteroatoms. The highest BCUT2D eigenvalue weighted by Crippen LogP contribution is 2.51. The normalized spacial score (nSPS) is 24.6. The molecule has 4 nitrogen and oxygen atoms in total. The Morgan fingerprint density at radius 2 is 2.12 bits per heavy atom. The molecule has 0 N–H and O–H groups in total. The lowest BCUT2D eigenvalue weighted by molar-refractivity contribution is -0.136. The van der Waals surface area contributed by atoms with Crippen molar-refractivity contribution in [3.8, 4) is 5.75 Å². The largest absolute Gasteiger partial charge is 0.480 e. The molecule has 4 rings (SSSR count). The van der Waals surface area contributed by atoms with Crippen molar-refractivity contribution in [1.82, 2.24) is 4.98 Å². The summed E-state index contributed by atoms with van der Waals surface area (Å²) in [4.78, 5) is 16.5. The molecule has 1 spiro atoms. The lowest BCUT2D eigenvalue weighted by Crippen LogP contribution is -2.43. The molecule has 1 aromatic rings. The van der Waals surface area contributed by atoms with Crippen molar-refractivity contribution >= 4 is 11.5 Å². The number of nitrogens with zero attached hydrogens (tertiary/aromatic N) is 1. The number of hydrogen-bond acceptors (Lipinski definition) is 4. The number of carbonyl (C=O) groups excluding carboxylic acids is 1. The Balaban J connectivity index is 1.90. The van der Waals surface area contributed by atoms with E-state index in [1.165, 1.54) is 24.7 Å². The van der Waals surface area contributed by atoms with Crippen LogP contribution in [0.5, 0.6) is 5.75 Å². The van der Waals surface area contributed by atoms with Gasteiger partial charge in [0.15, 0.2) is 0 Å². The molecule has 0 amide bonds. The number of carbonyl (C=O) groups is 1. The predicted octanol–water partition coefficient (Wildman–Crippen LogP) is 4.07. The van der Waals surface area contributed by atoms with Gasteiger partial charge in [0.2, 0.25) is 0 Å². The number of pyridine rings is 1. The van der Waals surface area contributed by atoms with E-state index < -0.39 is 0 Å². The van der Waals surface area contributed by atoms with Crippen molar-refractivity contribution in [2.45, 2.75) is 51.0 Å². The van der Waals surface area contributed by atoms with Gasteiger partial charge in [-0.25, -0.2) is 4.79 Å². The highest BCUT2D eigenvalue weighted by molar-refractivity contribution is 5.93. The molecule has 24 heavy (non-hydrogen) atoms. The summed E-state index contributed by atoms with van der Waals surface area (Å²) in [6.07, 6.45) is 12.1. The number of fused-ring (bicyclic) bond motifs is 3. The molecular weight excluding hydrogens is 302 g/mol. The molecule has 3 aliphatic rings. The second kappa shape index (κ2) is 5.76. The molecule has 0 bridgehead atoms. The molecular formula is C20H23NO3. The highest BCUT2D eigenvalue weighted by Gasteiger charge is 2.45. The van der Waals surface area contributed by atoms with Gasteiger partial charge in [-0.1, -0.05) is 13.3 Å². The molecule has 0 radical (unpaired) electrons. The standard InChI is InChI=1S/C20H23NO3/c1-13-10-16-14-6-9-21-12-18(14)24-20(7-4-3-5-8-20)17(16)11-15(13)19(22)23-2/h6,9,11-13H,3-5,7-8,10H2,1-2H3. The third kappa shape index (κ3) is 2.27. The third-order valence-electron chi connectivity index (χ3n) is 5.65. The second-order valence-electron chi connectivity index (χ2n) is 7.12. The molecule has 126 valence electrons. The van der Waals surface area contributed by atoms with Crippen LogP contribution in [-0.4, -0.2) is 23.7 Å². The lowest BCUT2D eigenvalue weighted by Gasteiger charge is -2.45. The number of aromatic nitrogens is 1. The fourth-order valence-corrected chi connectivity index (χ4v) is 4.42. The van der Waals surface area contributed by atoms with Gasteiger partial charge in [0, 0.05) is 17.3 Å². The summed E-state index contributed by atoms with van der Waals surface area (Å²) in [5.41, 5.74) is 4.11. The Morgan fingerprint density at radius 3 is 2.88 bits per heavy atom. The van der Waals surface area contributed by atoms with Gasteiger partial charge in [0.05, 0.1) is 13.3 Å². The molecule has 1 atom stereocenters. The predicted molar refractivity (Wildman–Crippen MR) is 91.5 cm³/mol. The average molecular weight is 325 g/mol. The average Bonchev–Trinajstić information content (AvgIpc) is 2.61. The number of rotatable bonds is 1. The third-order valence-corrected chi connectivity index (χ3v) is 5.65. The quantitative estimate of drug-likeness (QED) is 0.730. The Morgan fingerprint density at radius 1 is 1.33 bits per heavy atom. The lowest BCUT2D eigenvalue weighted by atomic mass is 9.69. The van der Waals surface area contributed by atoms with Crippen LogP contribution in [0.25, 0.3) is 5.57 Å². The van der Waals surface area contributed by atoms with E-state index in [9.17, 15) is 4.79 Å². The monoisotopic (exact) mass is 325 g/mol. The fourth-order valence-electron chi connectivity index (χ4n) is 4.42. The van der Waals surface area contributed by atoms with Gasteiger partial charge in [0.1, 0.15) is 11.4 Å². The molecule has 1 unspecified atom stereocenters. The SMILES string of the molecule is COC(=O)C1=CC2=C(CC1C)c1ccncc1OC21CCCCC1. The van der Waals surface area contributed by atoms with E-state index in [1.807, 2.05) is 18.5 Å². The Bertz CT molecular complexity index is 741. The number of methoxy groups -OCH3 is 1. The van der Waals surface area contributed by atoms with Crippen molar-refractivity contribution in [1.29, 1.82) is 0 Å². The molecule has 2 heterocycles. The first-order valence-electron chi connectivity index (χ1n) is 8.81. The first-order chi connectivity index (χ1) is 11.6. The van der Waals surface area contributed by atoms with E-state index in [1.54, 1.807) is 0 Å². The highest BCUT2D eigenvalue weighted by atomic mass is 16.5. The van der Waals surface area contributed by atoms with Crippen molar-refractivity contribution in [3.05, 3.63) is 41.2 Å². The maximum atomic E-state index is 12.2. The zero-order valence-corrected chi connectivity index (χ0v) is 14.3. The van der Waals surface area contributed by atoms with Gasteiger partial charge >= 0.3 is 5.97 Å². The van der Waals surface area contributed by atoms with Gasteiger partial charge in [0.25, 0.3) is 0 Å². The summed E-state index contributed by atoms with van der Waals surface area (Å²) in [5.74, 6) is 0.816. The minimum atomic E-state index is -0.303. The number of hydrogen-bond donors (Lipinski definition) is 0. The summed E-state index contributed by atoms with van der Waals surface area (Å²) in [6, 6.07) is 2.03. The minimum Gasteiger partial charge on any atom is -0.480 e. The van der Waals surface area contributed by atoms with Crippen LogP contribution in [0.3, 0.4) is 0 Å². The van der Waals surface area contributed by atoms with Gasteiger partial charge in [-0.3, -0.25) is 4.98 Å². The summed E-state index contributed by atoms with van der Waals surface area (Å²) in [5, 5.41) is 0. The zero-order valence-electron chi connectivity index (χ0n) is 14.3. The van der Waals surface area contributed by atoms with E-state index in [-0.39, 0.29) is 17.5 Å². The molecule has 0 aromatic carbocycles. The topological polar surface area (TPSA) is 48.4 Å². The van der Waals surface area contributed by atoms with E-state index >= 15 is 0 Å². The van der Waals surface area contributed by atoms with E-state index in [0.29, 0.717) is 0 Å². The maximum Gasteiger partial charge on any atom is 0.334 e. The molecule has 1 fully saturated rings. The second-order valence-corrected chi connectivity index (χ2v) is 7.12. The summed E-state index contributed by atoms with van der Waals surface area (Å²) in [7, 11) is 1.45. The molecule has 1 saturated carbocycles. The van der Waals surface area contributed by atoms with Crippen LogP contribution >= 0.6 is 0 Å². The van der Waals surface area contributed by atoms with Gasteiger partial charge in [-0.05, 0) is 61.3 Å². The molecule has 1 aromatic heterocycles. The van der Waals surface area contributed by atoms with Crippen molar-refractivity contribution < 1.29 is 14.3 Å². The van der Waals surface area contributed by atoms with Crippen LogP contribution < -0.4 is 4.74 Å².